The summed E-state index contributed by atoms with van der Waals surface area (Å²) in [6, 6.07) is 1.93. The zero-order valence-corrected chi connectivity index (χ0v) is 11.9. The lowest BCUT2D eigenvalue weighted by Crippen LogP contribution is -2.45. The summed E-state index contributed by atoms with van der Waals surface area (Å²) < 4.78 is 5.13. The van der Waals surface area contributed by atoms with Crippen molar-refractivity contribution in [2.24, 2.45) is 0 Å². The van der Waals surface area contributed by atoms with Crippen molar-refractivity contribution in [2.45, 2.75) is 31.4 Å². The number of rotatable bonds is 3. The van der Waals surface area contributed by atoms with E-state index < -0.39 is 0 Å². The number of hydrogen-bond donors (Lipinski definition) is 1. The number of anilines is 1. The van der Waals surface area contributed by atoms with E-state index in [2.05, 4.69) is 14.9 Å². The Balaban J connectivity index is 1.70. The molecular weight excluding hydrogens is 256 g/mol. The maximum absolute atomic E-state index is 10.3. The van der Waals surface area contributed by atoms with Crippen LogP contribution in [-0.4, -0.2) is 65.4 Å². The molecule has 0 saturated carbocycles. The van der Waals surface area contributed by atoms with Gasteiger partial charge in [-0.1, -0.05) is 6.42 Å². The van der Waals surface area contributed by atoms with E-state index in [1.165, 1.54) is 19.3 Å². The second-order valence-electron chi connectivity index (χ2n) is 5.54. The van der Waals surface area contributed by atoms with Crippen molar-refractivity contribution in [2.75, 3.05) is 38.2 Å². The molecule has 2 atom stereocenters. The number of likely N-dealkylation sites (tertiary alicyclic amines) is 1. The van der Waals surface area contributed by atoms with Crippen LogP contribution in [0.2, 0.25) is 0 Å². The Hall–Kier alpha value is -1.40. The largest absolute Gasteiger partial charge is 0.481 e. The normalized spacial score (nSPS) is 27.8. The van der Waals surface area contributed by atoms with Crippen molar-refractivity contribution in [1.82, 2.24) is 14.9 Å². The van der Waals surface area contributed by atoms with E-state index in [1.54, 1.807) is 19.4 Å². The summed E-state index contributed by atoms with van der Waals surface area (Å²) >= 11 is 0. The van der Waals surface area contributed by atoms with Gasteiger partial charge >= 0.3 is 0 Å². The molecule has 20 heavy (non-hydrogen) atoms. The fraction of sp³-hybridized carbons (Fsp3) is 0.714. The Morgan fingerprint density at radius 3 is 2.80 bits per heavy atom. The summed E-state index contributed by atoms with van der Waals surface area (Å²) in [5.74, 6) is 1.20. The number of piperidine rings is 1. The molecular formula is C14H22N4O2. The smallest absolute Gasteiger partial charge is 0.228 e. The lowest BCUT2D eigenvalue weighted by molar-refractivity contribution is 0.0706. The fourth-order valence-corrected chi connectivity index (χ4v) is 3.14. The first-order chi connectivity index (χ1) is 9.78. The predicted molar refractivity (Wildman–Crippen MR) is 76.0 cm³/mol. The van der Waals surface area contributed by atoms with Gasteiger partial charge in [-0.3, -0.25) is 4.90 Å². The van der Waals surface area contributed by atoms with Gasteiger partial charge in [-0.25, -0.2) is 4.98 Å². The predicted octanol–water partition coefficient (Wildman–Crippen LogP) is 0.521. The SMILES string of the molecule is COc1ccnc(N2C[C@H](O)[C@@H](N3CCCCC3)C2)n1. The van der Waals surface area contributed by atoms with Crippen LogP contribution in [0.15, 0.2) is 12.3 Å². The maximum atomic E-state index is 10.3. The molecule has 3 rings (SSSR count). The number of aromatic nitrogens is 2. The Bertz CT molecular complexity index is 451. The van der Waals surface area contributed by atoms with E-state index in [0.717, 1.165) is 19.6 Å². The molecule has 6 nitrogen and oxygen atoms in total. The molecule has 2 aliphatic rings. The number of β-amino-alcohol motifs (C(OH)–C–C–N with tert-alkyl or cyclic N) is 1. The first-order valence-electron chi connectivity index (χ1n) is 7.32. The molecule has 1 aromatic rings. The second kappa shape index (κ2) is 5.93. The molecule has 2 fully saturated rings. The number of nitrogens with zero attached hydrogens (tertiary/aromatic N) is 4. The molecule has 0 amide bonds. The third kappa shape index (κ3) is 2.71. The Morgan fingerprint density at radius 2 is 2.05 bits per heavy atom. The monoisotopic (exact) mass is 278 g/mol. The van der Waals surface area contributed by atoms with Crippen molar-refractivity contribution in [1.29, 1.82) is 0 Å². The standard InChI is InChI=1S/C14H22N4O2/c1-20-13-5-6-15-14(16-13)18-9-11(12(19)10-18)17-7-3-2-4-8-17/h5-6,11-12,19H,2-4,7-10H2,1H3/t11-,12-/m0/s1. The third-order valence-corrected chi connectivity index (χ3v) is 4.23. The number of aliphatic hydroxyl groups excluding tert-OH is 1. The van der Waals surface area contributed by atoms with Gasteiger partial charge in [-0.05, 0) is 25.9 Å². The number of hydrogen-bond acceptors (Lipinski definition) is 6. The van der Waals surface area contributed by atoms with Gasteiger partial charge in [0, 0.05) is 25.4 Å². The summed E-state index contributed by atoms with van der Waals surface area (Å²) in [6.45, 7) is 3.56. The maximum Gasteiger partial charge on any atom is 0.228 e. The van der Waals surface area contributed by atoms with Crippen LogP contribution in [0.1, 0.15) is 19.3 Å². The van der Waals surface area contributed by atoms with Crippen LogP contribution in [0, 0.1) is 0 Å². The minimum absolute atomic E-state index is 0.199. The molecule has 2 aliphatic heterocycles. The average Bonchev–Trinajstić information content (AvgIpc) is 2.90. The van der Waals surface area contributed by atoms with Gasteiger partial charge < -0.3 is 14.7 Å². The summed E-state index contributed by atoms with van der Waals surface area (Å²) in [6.07, 6.45) is 5.14. The highest BCUT2D eigenvalue weighted by atomic mass is 16.5. The van der Waals surface area contributed by atoms with Crippen LogP contribution in [0.4, 0.5) is 5.95 Å². The molecule has 0 unspecified atom stereocenters. The number of aliphatic hydroxyl groups is 1. The highest BCUT2D eigenvalue weighted by Gasteiger charge is 2.36. The second-order valence-corrected chi connectivity index (χ2v) is 5.54. The molecule has 6 heteroatoms. The van der Waals surface area contributed by atoms with Crippen LogP contribution in [-0.2, 0) is 0 Å². The van der Waals surface area contributed by atoms with Crippen LogP contribution >= 0.6 is 0 Å². The minimum atomic E-state index is -0.331. The van der Waals surface area contributed by atoms with E-state index in [9.17, 15) is 5.11 Å². The lowest BCUT2D eigenvalue weighted by Gasteiger charge is -2.33. The first-order valence-corrected chi connectivity index (χ1v) is 7.32. The lowest BCUT2D eigenvalue weighted by atomic mass is 10.1. The van der Waals surface area contributed by atoms with Gasteiger partial charge in [0.2, 0.25) is 11.8 Å². The van der Waals surface area contributed by atoms with Crippen LogP contribution in [0.25, 0.3) is 0 Å². The minimum Gasteiger partial charge on any atom is -0.481 e. The zero-order valence-electron chi connectivity index (χ0n) is 11.9. The summed E-state index contributed by atoms with van der Waals surface area (Å²) in [7, 11) is 1.60. The fourth-order valence-electron chi connectivity index (χ4n) is 3.14. The van der Waals surface area contributed by atoms with Crippen molar-refractivity contribution in [3.8, 4) is 5.88 Å². The Labute approximate surface area is 119 Å². The van der Waals surface area contributed by atoms with E-state index in [4.69, 9.17) is 4.74 Å². The van der Waals surface area contributed by atoms with E-state index in [0.29, 0.717) is 18.4 Å². The van der Waals surface area contributed by atoms with Crippen LogP contribution in [0.5, 0.6) is 5.88 Å². The first kappa shape index (κ1) is 13.6. The zero-order chi connectivity index (χ0) is 13.9. The molecule has 3 heterocycles. The summed E-state index contributed by atoms with van der Waals surface area (Å²) in [4.78, 5) is 13.1. The molecule has 0 radical (unpaired) electrons. The summed E-state index contributed by atoms with van der Waals surface area (Å²) in [5.41, 5.74) is 0. The third-order valence-electron chi connectivity index (χ3n) is 4.23. The molecule has 0 spiro atoms. The van der Waals surface area contributed by atoms with Gasteiger partial charge in [-0.15, -0.1) is 0 Å². The van der Waals surface area contributed by atoms with Gasteiger partial charge in [0.25, 0.3) is 0 Å². The van der Waals surface area contributed by atoms with Crippen molar-refractivity contribution >= 4 is 5.95 Å². The number of methoxy groups -OCH3 is 1. The van der Waals surface area contributed by atoms with Crippen molar-refractivity contribution < 1.29 is 9.84 Å². The topological polar surface area (TPSA) is 61.7 Å². The van der Waals surface area contributed by atoms with Gasteiger partial charge in [-0.2, -0.15) is 4.98 Å². The van der Waals surface area contributed by atoms with Crippen molar-refractivity contribution in [3.05, 3.63) is 12.3 Å². The van der Waals surface area contributed by atoms with Gasteiger partial charge in [0.05, 0.1) is 19.3 Å². The molecule has 0 aromatic carbocycles. The quantitative estimate of drug-likeness (QED) is 0.870. The molecule has 110 valence electrons. The Morgan fingerprint density at radius 1 is 1.25 bits per heavy atom. The highest BCUT2D eigenvalue weighted by molar-refractivity contribution is 5.35. The van der Waals surface area contributed by atoms with Gasteiger partial charge in [0.1, 0.15) is 0 Å². The highest BCUT2D eigenvalue weighted by Crippen LogP contribution is 2.24. The van der Waals surface area contributed by atoms with E-state index in [-0.39, 0.29) is 12.1 Å². The number of ether oxygens (including phenoxy) is 1. The van der Waals surface area contributed by atoms with E-state index >= 15 is 0 Å². The van der Waals surface area contributed by atoms with Crippen LogP contribution < -0.4 is 9.64 Å². The van der Waals surface area contributed by atoms with E-state index in [1.807, 2.05) is 4.90 Å². The molecule has 1 N–H and O–H groups in total. The van der Waals surface area contributed by atoms with Crippen molar-refractivity contribution in [3.63, 3.8) is 0 Å². The summed E-state index contributed by atoms with van der Waals surface area (Å²) in [5, 5.41) is 10.3. The molecule has 2 saturated heterocycles. The molecule has 0 bridgehead atoms. The Kier molecular flexibility index (Phi) is 4.03. The average molecular weight is 278 g/mol. The van der Waals surface area contributed by atoms with Gasteiger partial charge in [0.15, 0.2) is 0 Å². The molecule has 1 aromatic heterocycles. The molecule has 0 aliphatic carbocycles. The van der Waals surface area contributed by atoms with Crippen LogP contribution in [0.3, 0.4) is 0 Å².